The minimum absolute atomic E-state index is 0.106. The van der Waals surface area contributed by atoms with Crippen molar-refractivity contribution in [2.45, 2.75) is 36.7 Å². The SMILES string of the molecule is Cc1cccc2c(=O)[nH]c(CSc3nnc(-c4ccncc4)n3C3CC3)nc12. The number of thioether (sulfide) groups is 1. The number of pyridine rings is 1. The zero-order valence-electron chi connectivity index (χ0n) is 15.3. The minimum Gasteiger partial charge on any atom is -0.309 e. The Labute approximate surface area is 165 Å². The summed E-state index contributed by atoms with van der Waals surface area (Å²) in [5.74, 6) is 2.04. The van der Waals surface area contributed by atoms with Crippen LogP contribution < -0.4 is 5.56 Å². The first-order valence-corrected chi connectivity index (χ1v) is 10.2. The van der Waals surface area contributed by atoms with E-state index in [1.165, 1.54) is 0 Å². The van der Waals surface area contributed by atoms with Crippen LogP contribution in [0.4, 0.5) is 0 Å². The van der Waals surface area contributed by atoms with E-state index in [0.717, 1.165) is 40.5 Å². The van der Waals surface area contributed by atoms with E-state index >= 15 is 0 Å². The van der Waals surface area contributed by atoms with Gasteiger partial charge in [0.1, 0.15) is 5.82 Å². The maximum atomic E-state index is 12.4. The van der Waals surface area contributed by atoms with Gasteiger partial charge >= 0.3 is 0 Å². The lowest BCUT2D eigenvalue weighted by Gasteiger charge is -2.09. The molecular formula is C20H18N6OS. The summed E-state index contributed by atoms with van der Waals surface area (Å²) < 4.78 is 2.20. The van der Waals surface area contributed by atoms with Gasteiger partial charge in [-0.3, -0.25) is 14.3 Å². The Bertz CT molecular complexity index is 1210. The van der Waals surface area contributed by atoms with Gasteiger partial charge in [0.05, 0.1) is 16.7 Å². The van der Waals surface area contributed by atoms with Gasteiger partial charge in [-0.05, 0) is 43.5 Å². The maximum Gasteiger partial charge on any atom is 0.258 e. The van der Waals surface area contributed by atoms with Gasteiger partial charge < -0.3 is 4.98 Å². The molecule has 1 fully saturated rings. The van der Waals surface area contributed by atoms with E-state index < -0.39 is 0 Å². The molecule has 0 saturated heterocycles. The van der Waals surface area contributed by atoms with Crippen molar-refractivity contribution in [3.8, 4) is 11.4 Å². The van der Waals surface area contributed by atoms with E-state index in [1.807, 2.05) is 31.2 Å². The van der Waals surface area contributed by atoms with Crippen molar-refractivity contribution in [2.24, 2.45) is 0 Å². The Morgan fingerprint density at radius 2 is 2.00 bits per heavy atom. The molecule has 0 spiro atoms. The minimum atomic E-state index is -0.106. The van der Waals surface area contributed by atoms with Crippen LogP contribution in [0, 0.1) is 6.92 Å². The average molecular weight is 390 g/mol. The molecule has 28 heavy (non-hydrogen) atoms. The summed E-state index contributed by atoms with van der Waals surface area (Å²) in [6, 6.07) is 9.98. The Balaban J connectivity index is 1.46. The van der Waals surface area contributed by atoms with Gasteiger partial charge in [0, 0.05) is 24.0 Å². The number of aromatic nitrogens is 6. The van der Waals surface area contributed by atoms with Crippen LogP contribution in [0.3, 0.4) is 0 Å². The predicted molar refractivity (Wildman–Crippen MR) is 108 cm³/mol. The van der Waals surface area contributed by atoms with E-state index in [0.29, 0.717) is 23.0 Å². The number of hydrogen-bond acceptors (Lipinski definition) is 6. The van der Waals surface area contributed by atoms with Crippen molar-refractivity contribution in [1.29, 1.82) is 0 Å². The second-order valence-electron chi connectivity index (χ2n) is 6.92. The molecule has 3 aromatic heterocycles. The Morgan fingerprint density at radius 3 is 2.79 bits per heavy atom. The van der Waals surface area contributed by atoms with Gasteiger partial charge in [0.25, 0.3) is 5.56 Å². The number of nitrogens with zero attached hydrogens (tertiary/aromatic N) is 5. The molecule has 1 saturated carbocycles. The molecule has 1 aliphatic rings. The first-order valence-electron chi connectivity index (χ1n) is 9.17. The molecule has 5 rings (SSSR count). The summed E-state index contributed by atoms with van der Waals surface area (Å²) in [7, 11) is 0. The third-order valence-corrected chi connectivity index (χ3v) is 5.79. The molecule has 1 N–H and O–H groups in total. The van der Waals surface area contributed by atoms with E-state index in [9.17, 15) is 4.79 Å². The smallest absolute Gasteiger partial charge is 0.258 e. The van der Waals surface area contributed by atoms with Crippen molar-refractivity contribution >= 4 is 22.7 Å². The lowest BCUT2D eigenvalue weighted by Crippen LogP contribution is -2.12. The molecular weight excluding hydrogens is 372 g/mol. The van der Waals surface area contributed by atoms with Crippen molar-refractivity contribution in [3.63, 3.8) is 0 Å². The highest BCUT2D eigenvalue weighted by molar-refractivity contribution is 7.98. The quantitative estimate of drug-likeness (QED) is 0.525. The predicted octanol–water partition coefficient (Wildman–Crippen LogP) is 3.51. The Kier molecular flexibility index (Phi) is 4.20. The van der Waals surface area contributed by atoms with Gasteiger partial charge in [-0.1, -0.05) is 23.9 Å². The monoisotopic (exact) mass is 390 g/mol. The highest BCUT2D eigenvalue weighted by atomic mass is 32.2. The maximum absolute atomic E-state index is 12.4. The van der Waals surface area contributed by atoms with Crippen molar-refractivity contribution in [1.82, 2.24) is 29.7 Å². The van der Waals surface area contributed by atoms with Gasteiger partial charge in [0.2, 0.25) is 0 Å². The lowest BCUT2D eigenvalue weighted by atomic mass is 10.1. The van der Waals surface area contributed by atoms with Crippen LogP contribution in [0.5, 0.6) is 0 Å². The topological polar surface area (TPSA) is 89.4 Å². The highest BCUT2D eigenvalue weighted by Crippen LogP contribution is 2.41. The van der Waals surface area contributed by atoms with E-state index in [1.54, 1.807) is 30.2 Å². The fourth-order valence-electron chi connectivity index (χ4n) is 3.29. The number of nitrogens with one attached hydrogen (secondary N) is 1. The summed E-state index contributed by atoms with van der Waals surface area (Å²) in [6.45, 7) is 1.97. The summed E-state index contributed by atoms with van der Waals surface area (Å²) >= 11 is 1.55. The number of fused-ring (bicyclic) bond motifs is 1. The molecule has 8 heteroatoms. The fourth-order valence-corrected chi connectivity index (χ4v) is 4.16. The third kappa shape index (κ3) is 3.09. The molecule has 1 aromatic carbocycles. The Morgan fingerprint density at radius 1 is 1.18 bits per heavy atom. The van der Waals surface area contributed by atoms with Crippen molar-refractivity contribution in [3.05, 3.63) is 64.5 Å². The first-order chi connectivity index (χ1) is 13.7. The first kappa shape index (κ1) is 17.1. The summed E-state index contributed by atoms with van der Waals surface area (Å²) in [4.78, 5) is 24.0. The second kappa shape index (κ2) is 6.87. The van der Waals surface area contributed by atoms with E-state index in [-0.39, 0.29) is 5.56 Å². The number of aryl methyl sites for hydroxylation is 1. The highest BCUT2D eigenvalue weighted by Gasteiger charge is 2.30. The summed E-state index contributed by atoms with van der Waals surface area (Å²) in [5, 5.41) is 10.3. The lowest BCUT2D eigenvalue weighted by molar-refractivity contribution is 0.669. The molecule has 0 bridgehead atoms. The number of rotatable bonds is 5. The average Bonchev–Trinajstić information content (AvgIpc) is 3.47. The number of H-pyrrole nitrogens is 1. The molecule has 1 aliphatic carbocycles. The normalized spacial score (nSPS) is 13.9. The molecule has 0 radical (unpaired) electrons. The molecule has 0 unspecified atom stereocenters. The van der Waals surface area contributed by atoms with Crippen LogP contribution in [0.15, 0.2) is 52.7 Å². The van der Waals surface area contributed by atoms with Gasteiger partial charge in [-0.15, -0.1) is 10.2 Å². The largest absolute Gasteiger partial charge is 0.309 e. The zero-order valence-corrected chi connectivity index (χ0v) is 16.1. The number of aromatic amines is 1. The van der Waals surface area contributed by atoms with Crippen molar-refractivity contribution < 1.29 is 0 Å². The third-order valence-electron chi connectivity index (χ3n) is 4.84. The molecule has 7 nitrogen and oxygen atoms in total. The van der Waals surface area contributed by atoms with Gasteiger partial charge in [-0.2, -0.15) is 0 Å². The molecule has 0 amide bonds. The van der Waals surface area contributed by atoms with Crippen molar-refractivity contribution in [2.75, 3.05) is 0 Å². The van der Waals surface area contributed by atoms with E-state index in [4.69, 9.17) is 0 Å². The van der Waals surface area contributed by atoms with Crippen LogP contribution in [0.1, 0.15) is 30.3 Å². The van der Waals surface area contributed by atoms with Crippen LogP contribution >= 0.6 is 11.8 Å². The molecule has 0 atom stereocenters. The number of benzene rings is 1. The number of para-hydroxylation sites is 1. The van der Waals surface area contributed by atoms with Gasteiger partial charge in [-0.25, -0.2) is 4.98 Å². The van der Waals surface area contributed by atoms with Crippen LogP contribution in [-0.4, -0.2) is 29.7 Å². The van der Waals surface area contributed by atoms with E-state index in [2.05, 4.69) is 29.7 Å². The second-order valence-corrected chi connectivity index (χ2v) is 7.86. The standard InChI is InChI=1S/C20H18N6OS/c1-12-3-2-4-15-17(12)22-16(23-19(15)27)11-28-20-25-24-18(26(20)14-5-6-14)13-7-9-21-10-8-13/h2-4,7-10,14H,5-6,11H2,1H3,(H,22,23,27). The summed E-state index contributed by atoms with van der Waals surface area (Å²) in [6.07, 6.45) is 5.79. The molecule has 140 valence electrons. The molecule has 3 heterocycles. The van der Waals surface area contributed by atoms with Crippen LogP contribution in [0.25, 0.3) is 22.3 Å². The fraction of sp³-hybridized carbons (Fsp3) is 0.250. The zero-order chi connectivity index (χ0) is 19.1. The summed E-state index contributed by atoms with van der Waals surface area (Å²) in [5.41, 5.74) is 2.65. The Hall–Kier alpha value is -3.00. The molecule has 0 aliphatic heterocycles. The number of hydrogen-bond donors (Lipinski definition) is 1. The van der Waals surface area contributed by atoms with Gasteiger partial charge in [0.15, 0.2) is 11.0 Å². The van der Waals surface area contributed by atoms with Crippen LogP contribution in [-0.2, 0) is 5.75 Å². The van der Waals surface area contributed by atoms with Crippen LogP contribution in [0.2, 0.25) is 0 Å². The molecule has 4 aromatic rings.